The first-order chi connectivity index (χ1) is 13.5. The number of hydrogen-bond donors (Lipinski definition) is 1. The van der Waals surface area contributed by atoms with Crippen LogP contribution in [0.1, 0.15) is 11.4 Å². The number of pyridine rings is 1. The zero-order valence-electron chi connectivity index (χ0n) is 14.8. The predicted molar refractivity (Wildman–Crippen MR) is 109 cm³/mol. The molecule has 0 bridgehead atoms. The fraction of sp³-hybridized carbons (Fsp3) is 0.100. The van der Waals surface area contributed by atoms with Crippen molar-refractivity contribution >= 4 is 32.8 Å². The molecule has 28 heavy (non-hydrogen) atoms. The minimum Gasteiger partial charge on any atom is -0.307 e. The van der Waals surface area contributed by atoms with Crippen LogP contribution in [0.4, 0.5) is 0 Å². The predicted octanol–water partition coefficient (Wildman–Crippen LogP) is 3.61. The highest BCUT2D eigenvalue weighted by Crippen LogP contribution is 2.18. The average Bonchev–Trinajstić information content (AvgIpc) is 3.05. The molecule has 4 aromatic rings. The van der Waals surface area contributed by atoms with Crippen molar-refractivity contribution in [3.63, 3.8) is 0 Å². The largest absolute Gasteiger partial charge is 0.307 e. The van der Waals surface area contributed by atoms with Crippen LogP contribution in [0.3, 0.4) is 0 Å². The molecule has 0 atom stereocenters. The van der Waals surface area contributed by atoms with E-state index in [2.05, 4.69) is 14.7 Å². The number of rotatable bonds is 6. The summed E-state index contributed by atoms with van der Waals surface area (Å²) in [5.74, 6) is 0.593. The van der Waals surface area contributed by atoms with E-state index in [1.807, 2.05) is 47.0 Å². The van der Waals surface area contributed by atoms with Crippen molar-refractivity contribution in [1.29, 1.82) is 0 Å². The van der Waals surface area contributed by atoms with E-state index in [1.54, 1.807) is 18.3 Å². The Bertz CT molecular complexity index is 1210. The monoisotopic (exact) mass is 412 g/mol. The number of fused-ring (bicyclic) bond motifs is 1. The minimum absolute atomic E-state index is 0.0498. The smallest absolute Gasteiger partial charge is 0.240 e. The Morgan fingerprint density at radius 1 is 0.964 bits per heavy atom. The molecule has 0 saturated heterocycles. The quantitative estimate of drug-likeness (QED) is 0.524. The molecule has 0 radical (unpaired) electrons. The highest BCUT2D eigenvalue weighted by Gasteiger charge is 2.17. The lowest BCUT2D eigenvalue weighted by Crippen LogP contribution is -2.25. The van der Waals surface area contributed by atoms with Crippen molar-refractivity contribution in [2.24, 2.45) is 0 Å². The summed E-state index contributed by atoms with van der Waals surface area (Å²) in [6.07, 6.45) is 1.70. The van der Waals surface area contributed by atoms with Gasteiger partial charge in [0.1, 0.15) is 11.3 Å². The van der Waals surface area contributed by atoms with E-state index in [9.17, 15) is 8.42 Å². The van der Waals surface area contributed by atoms with Crippen molar-refractivity contribution in [2.45, 2.75) is 18.0 Å². The van der Waals surface area contributed by atoms with Crippen molar-refractivity contribution in [1.82, 2.24) is 19.3 Å². The maximum atomic E-state index is 12.6. The Balaban J connectivity index is 1.65. The number of benzene rings is 2. The molecule has 0 aliphatic heterocycles. The first-order valence-corrected chi connectivity index (χ1v) is 10.5. The molecule has 0 spiro atoms. The van der Waals surface area contributed by atoms with Gasteiger partial charge in [-0.1, -0.05) is 41.9 Å². The zero-order chi connectivity index (χ0) is 19.6. The lowest BCUT2D eigenvalue weighted by molar-refractivity contribution is 0.576. The maximum Gasteiger partial charge on any atom is 0.240 e. The lowest BCUT2D eigenvalue weighted by Gasteiger charge is -2.10. The van der Waals surface area contributed by atoms with Gasteiger partial charge in [0.25, 0.3) is 0 Å². The van der Waals surface area contributed by atoms with Crippen molar-refractivity contribution in [3.05, 3.63) is 89.3 Å². The van der Waals surface area contributed by atoms with Crippen LogP contribution in [-0.2, 0) is 23.1 Å². The van der Waals surface area contributed by atoms with Crippen molar-refractivity contribution in [2.75, 3.05) is 0 Å². The van der Waals surface area contributed by atoms with Crippen LogP contribution in [0.5, 0.6) is 0 Å². The van der Waals surface area contributed by atoms with Gasteiger partial charge < -0.3 is 4.57 Å². The Morgan fingerprint density at radius 3 is 2.46 bits per heavy atom. The summed E-state index contributed by atoms with van der Waals surface area (Å²) in [6, 6.07) is 19.6. The molecule has 2 aromatic heterocycles. The Morgan fingerprint density at radius 2 is 1.71 bits per heavy atom. The number of halogens is 1. The fourth-order valence-corrected chi connectivity index (χ4v) is 4.04. The van der Waals surface area contributed by atoms with Gasteiger partial charge in [0.2, 0.25) is 10.0 Å². The molecule has 2 aromatic carbocycles. The van der Waals surface area contributed by atoms with E-state index in [1.165, 1.54) is 12.1 Å². The van der Waals surface area contributed by atoms with Crippen LogP contribution in [0.25, 0.3) is 11.2 Å². The molecule has 0 aliphatic carbocycles. The molecule has 4 rings (SSSR count). The number of imidazole rings is 1. The lowest BCUT2D eigenvalue weighted by atomic mass is 10.2. The van der Waals surface area contributed by atoms with Gasteiger partial charge >= 0.3 is 0 Å². The third-order valence-electron chi connectivity index (χ3n) is 4.31. The van der Waals surface area contributed by atoms with E-state index in [-0.39, 0.29) is 11.4 Å². The van der Waals surface area contributed by atoms with Gasteiger partial charge in [-0.3, -0.25) is 0 Å². The van der Waals surface area contributed by atoms with Gasteiger partial charge in [-0.05, 0) is 42.0 Å². The highest BCUT2D eigenvalue weighted by atomic mass is 35.5. The van der Waals surface area contributed by atoms with Gasteiger partial charge in [0.05, 0.1) is 18.0 Å². The summed E-state index contributed by atoms with van der Waals surface area (Å²) < 4.78 is 29.7. The second kappa shape index (κ2) is 7.71. The molecule has 8 heteroatoms. The summed E-state index contributed by atoms with van der Waals surface area (Å²) in [6.45, 7) is 0.598. The zero-order valence-corrected chi connectivity index (χ0v) is 16.4. The molecule has 0 fully saturated rings. The first kappa shape index (κ1) is 18.6. The first-order valence-electron chi connectivity index (χ1n) is 8.62. The number of aromatic nitrogens is 3. The molecular weight excluding hydrogens is 396 g/mol. The SMILES string of the molecule is O=S(=O)(NCc1nc2cccnc2n1Cc1ccccc1)c1ccc(Cl)cc1. The molecule has 0 unspecified atom stereocenters. The van der Waals surface area contributed by atoms with E-state index in [0.717, 1.165) is 11.1 Å². The highest BCUT2D eigenvalue weighted by molar-refractivity contribution is 7.89. The van der Waals surface area contributed by atoms with Crippen LogP contribution in [0.15, 0.2) is 77.8 Å². The van der Waals surface area contributed by atoms with Crippen LogP contribution < -0.4 is 4.72 Å². The van der Waals surface area contributed by atoms with Gasteiger partial charge in [-0.2, -0.15) is 0 Å². The second-order valence-corrected chi connectivity index (χ2v) is 8.43. The molecule has 0 amide bonds. The molecule has 0 aliphatic rings. The van der Waals surface area contributed by atoms with Crippen LogP contribution >= 0.6 is 11.6 Å². The van der Waals surface area contributed by atoms with E-state index >= 15 is 0 Å². The summed E-state index contributed by atoms with van der Waals surface area (Å²) in [5.41, 5.74) is 2.51. The van der Waals surface area contributed by atoms with Gasteiger partial charge in [0, 0.05) is 11.2 Å². The fourth-order valence-electron chi connectivity index (χ4n) is 2.93. The number of sulfonamides is 1. The van der Waals surface area contributed by atoms with E-state index in [0.29, 0.717) is 23.0 Å². The van der Waals surface area contributed by atoms with E-state index < -0.39 is 10.0 Å². The topological polar surface area (TPSA) is 76.9 Å². The number of nitrogens with one attached hydrogen (secondary N) is 1. The molecule has 142 valence electrons. The Kier molecular flexibility index (Phi) is 5.13. The minimum atomic E-state index is -3.68. The normalized spacial score (nSPS) is 11.8. The van der Waals surface area contributed by atoms with Crippen molar-refractivity contribution < 1.29 is 8.42 Å². The van der Waals surface area contributed by atoms with Gasteiger partial charge in [-0.15, -0.1) is 0 Å². The second-order valence-electron chi connectivity index (χ2n) is 6.22. The Hall–Kier alpha value is -2.74. The third-order valence-corrected chi connectivity index (χ3v) is 5.98. The summed E-state index contributed by atoms with van der Waals surface area (Å²) in [4.78, 5) is 9.14. The molecule has 2 heterocycles. The van der Waals surface area contributed by atoms with Crippen molar-refractivity contribution in [3.8, 4) is 0 Å². The maximum absolute atomic E-state index is 12.6. The van der Waals surface area contributed by atoms with Gasteiger partial charge in [-0.25, -0.2) is 23.1 Å². The summed E-state index contributed by atoms with van der Waals surface area (Å²) in [5, 5.41) is 0.481. The van der Waals surface area contributed by atoms with Crippen LogP contribution in [0, 0.1) is 0 Å². The number of hydrogen-bond acceptors (Lipinski definition) is 4. The van der Waals surface area contributed by atoms with Crippen LogP contribution in [-0.4, -0.2) is 23.0 Å². The number of nitrogens with zero attached hydrogens (tertiary/aromatic N) is 3. The molecule has 1 N–H and O–H groups in total. The average molecular weight is 413 g/mol. The molecule has 6 nitrogen and oxygen atoms in total. The standard InChI is InChI=1S/C20H17ClN4O2S/c21-16-8-10-17(11-9-16)28(26,27)23-13-19-24-18-7-4-12-22-20(18)25(19)14-15-5-2-1-3-6-15/h1-12,23H,13-14H2. The van der Waals surface area contributed by atoms with Gasteiger partial charge in [0.15, 0.2) is 5.65 Å². The third kappa shape index (κ3) is 3.91. The Labute approximate surface area is 167 Å². The summed E-state index contributed by atoms with van der Waals surface area (Å²) >= 11 is 5.84. The van der Waals surface area contributed by atoms with E-state index in [4.69, 9.17) is 11.6 Å². The molecule has 0 saturated carbocycles. The summed E-state index contributed by atoms with van der Waals surface area (Å²) in [7, 11) is -3.68. The van der Waals surface area contributed by atoms with Crippen LogP contribution in [0.2, 0.25) is 5.02 Å². The molecular formula is C20H17ClN4O2S.